The fourth-order valence-corrected chi connectivity index (χ4v) is 3.62. The molecule has 2 N–H and O–H groups in total. The van der Waals surface area contributed by atoms with Gasteiger partial charge in [-0.15, -0.1) is 0 Å². The molecule has 1 aromatic rings. The second kappa shape index (κ2) is 7.31. The van der Waals surface area contributed by atoms with Gasteiger partial charge in [0.15, 0.2) is 11.5 Å². The van der Waals surface area contributed by atoms with E-state index in [2.05, 4.69) is 10.6 Å². The van der Waals surface area contributed by atoms with Crippen LogP contribution in [0, 0.1) is 0 Å². The van der Waals surface area contributed by atoms with E-state index in [9.17, 15) is 14.4 Å². The van der Waals surface area contributed by atoms with E-state index >= 15 is 0 Å². The molecule has 0 saturated carbocycles. The molecule has 1 aromatic carbocycles. The number of nitrogens with one attached hydrogen (secondary N) is 2. The van der Waals surface area contributed by atoms with Crippen LogP contribution < -0.4 is 20.1 Å². The van der Waals surface area contributed by atoms with Crippen LogP contribution in [0.3, 0.4) is 0 Å². The Morgan fingerprint density at radius 3 is 2.79 bits per heavy atom. The van der Waals surface area contributed by atoms with Crippen LogP contribution in [0.25, 0.3) is 0 Å². The van der Waals surface area contributed by atoms with Gasteiger partial charge in [-0.05, 0) is 37.5 Å². The monoisotopic (exact) mass is 389 g/mol. The molecule has 4 rings (SSSR count). The number of imide groups is 1. The molecule has 3 aliphatic heterocycles. The first-order chi connectivity index (χ1) is 13.5. The minimum atomic E-state index is -1.28. The fourth-order valence-electron chi connectivity index (χ4n) is 3.62. The van der Waals surface area contributed by atoms with Gasteiger partial charge >= 0.3 is 6.03 Å². The van der Waals surface area contributed by atoms with Crippen LogP contribution in [-0.4, -0.2) is 61.8 Å². The van der Waals surface area contributed by atoms with Crippen molar-refractivity contribution < 1.29 is 28.6 Å². The van der Waals surface area contributed by atoms with Gasteiger partial charge in [-0.1, -0.05) is 6.07 Å². The Labute approximate surface area is 162 Å². The molecule has 0 radical (unpaired) electrons. The average Bonchev–Trinajstić information content (AvgIpc) is 3.29. The molecule has 28 heavy (non-hydrogen) atoms. The summed E-state index contributed by atoms with van der Waals surface area (Å²) in [6.07, 6.45) is 1.86. The predicted molar refractivity (Wildman–Crippen MR) is 97.0 cm³/mol. The number of urea groups is 1. The van der Waals surface area contributed by atoms with Crippen LogP contribution in [0.5, 0.6) is 11.5 Å². The third-order valence-electron chi connectivity index (χ3n) is 5.25. The second-order valence-electron chi connectivity index (χ2n) is 7.24. The highest BCUT2D eigenvalue weighted by molar-refractivity contribution is 6.09. The lowest BCUT2D eigenvalue weighted by atomic mass is 9.91. The number of benzene rings is 1. The van der Waals surface area contributed by atoms with Crippen molar-refractivity contribution in [2.75, 3.05) is 32.9 Å². The highest BCUT2D eigenvalue weighted by atomic mass is 16.6. The van der Waals surface area contributed by atoms with E-state index in [1.807, 2.05) is 0 Å². The Hall–Kier alpha value is -2.81. The largest absolute Gasteiger partial charge is 0.486 e. The molecule has 3 heterocycles. The van der Waals surface area contributed by atoms with E-state index in [0.29, 0.717) is 43.4 Å². The van der Waals surface area contributed by atoms with Crippen LogP contribution in [0.15, 0.2) is 18.2 Å². The summed E-state index contributed by atoms with van der Waals surface area (Å²) >= 11 is 0. The number of rotatable bonds is 5. The molecule has 150 valence electrons. The molecule has 0 spiro atoms. The molecule has 0 aromatic heterocycles. The number of fused-ring (bicyclic) bond motifs is 1. The van der Waals surface area contributed by atoms with Crippen LogP contribution in [0.4, 0.5) is 4.79 Å². The summed E-state index contributed by atoms with van der Waals surface area (Å²) in [6, 6.07) is 4.51. The maximum atomic E-state index is 13.0. The minimum Gasteiger partial charge on any atom is -0.486 e. The van der Waals surface area contributed by atoms with Crippen molar-refractivity contribution in [2.24, 2.45) is 0 Å². The van der Waals surface area contributed by atoms with Gasteiger partial charge in [0.1, 0.15) is 25.3 Å². The highest BCUT2D eigenvalue weighted by Gasteiger charge is 2.49. The fraction of sp³-hybridized carbons (Fsp3) is 0.526. The minimum absolute atomic E-state index is 0.00460. The molecule has 0 aliphatic carbocycles. The zero-order valence-electron chi connectivity index (χ0n) is 15.7. The van der Waals surface area contributed by atoms with Crippen molar-refractivity contribution in [3.05, 3.63) is 23.8 Å². The van der Waals surface area contributed by atoms with E-state index in [0.717, 1.165) is 17.7 Å². The van der Waals surface area contributed by atoms with Crippen molar-refractivity contribution in [3.8, 4) is 11.5 Å². The molecule has 2 atom stereocenters. The van der Waals surface area contributed by atoms with Crippen LogP contribution in [0.1, 0.15) is 25.3 Å². The second-order valence-corrected chi connectivity index (χ2v) is 7.24. The number of carbonyl (C=O) groups excluding carboxylic acids is 3. The molecule has 2 saturated heterocycles. The Morgan fingerprint density at radius 1 is 1.25 bits per heavy atom. The Balaban J connectivity index is 1.44. The summed E-state index contributed by atoms with van der Waals surface area (Å²) in [5.74, 6) is 0.243. The van der Waals surface area contributed by atoms with Gasteiger partial charge in [0.2, 0.25) is 5.91 Å². The molecular formula is C19H23N3O6. The first-order valence-electron chi connectivity index (χ1n) is 9.40. The summed E-state index contributed by atoms with van der Waals surface area (Å²) in [6.45, 7) is 3.24. The number of ether oxygens (including phenoxy) is 3. The van der Waals surface area contributed by atoms with Gasteiger partial charge in [0, 0.05) is 13.2 Å². The maximum absolute atomic E-state index is 13.0. The lowest BCUT2D eigenvalue weighted by molar-refractivity contribution is -0.134. The average molecular weight is 389 g/mol. The lowest BCUT2D eigenvalue weighted by Gasteiger charge is -2.25. The third kappa shape index (κ3) is 3.37. The van der Waals surface area contributed by atoms with Crippen molar-refractivity contribution in [1.82, 2.24) is 15.5 Å². The normalized spacial score (nSPS) is 26.3. The number of hydrogen-bond donors (Lipinski definition) is 2. The van der Waals surface area contributed by atoms with Crippen LogP contribution >= 0.6 is 0 Å². The first kappa shape index (κ1) is 18.5. The van der Waals surface area contributed by atoms with E-state index in [-0.39, 0.29) is 12.6 Å². The van der Waals surface area contributed by atoms with Gasteiger partial charge in [0.25, 0.3) is 5.91 Å². The molecule has 9 heteroatoms. The summed E-state index contributed by atoms with van der Waals surface area (Å²) in [7, 11) is 0. The molecule has 2 fully saturated rings. The Morgan fingerprint density at radius 2 is 2.04 bits per heavy atom. The SMILES string of the molecule is C[C@]1(c2ccc3c(c2)OCCO3)NC(=O)N(CC(=O)NC[C@@H]2CCCO2)C1=O. The predicted octanol–water partition coefficient (Wildman–Crippen LogP) is 0.520. The van der Waals surface area contributed by atoms with Crippen molar-refractivity contribution in [2.45, 2.75) is 31.4 Å². The molecule has 0 bridgehead atoms. The van der Waals surface area contributed by atoms with Gasteiger partial charge in [-0.3, -0.25) is 14.5 Å². The Bertz CT molecular complexity index is 807. The molecule has 3 aliphatic rings. The van der Waals surface area contributed by atoms with E-state index in [1.54, 1.807) is 25.1 Å². The number of amides is 4. The van der Waals surface area contributed by atoms with Gasteiger partial charge in [-0.2, -0.15) is 0 Å². The van der Waals surface area contributed by atoms with Crippen molar-refractivity contribution in [3.63, 3.8) is 0 Å². The zero-order chi connectivity index (χ0) is 19.7. The maximum Gasteiger partial charge on any atom is 0.325 e. The van der Waals surface area contributed by atoms with E-state index in [4.69, 9.17) is 14.2 Å². The van der Waals surface area contributed by atoms with E-state index in [1.165, 1.54) is 0 Å². The molecular weight excluding hydrogens is 366 g/mol. The van der Waals surface area contributed by atoms with Crippen LogP contribution in [0.2, 0.25) is 0 Å². The third-order valence-corrected chi connectivity index (χ3v) is 5.25. The zero-order valence-corrected chi connectivity index (χ0v) is 15.7. The molecule has 0 unspecified atom stereocenters. The standard InChI is InChI=1S/C19H23N3O6/c1-19(12-4-5-14-15(9-12)28-8-7-27-14)17(24)22(18(25)21-19)11-16(23)20-10-13-3-2-6-26-13/h4-5,9,13H,2-3,6-8,10-11H2,1H3,(H,20,23)(H,21,25)/t13-,19+/m0/s1. The summed E-state index contributed by atoms with van der Waals surface area (Å²) < 4.78 is 16.5. The van der Waals surface area contributed by atoms with E-state index < -0.39 is 23.4 Å². The topological polar surface area (TPSA) is 106 Å². The summed E-state index contributed by atoms with van der Waals surface area (Å²) in [5, 5.41) is 5.42. The first-order valence-corrected chi connectivity index (χ1v) is 9.40. The number of carbonyl (C=O) groups is 3. The van der Waals surface area contributed by atoms with Gasteiger partial charge < -0.3 is 24.8 Å². The number of hydrogen-bond acceptors (Lipinski definition) is 6. The highest BCUT2D eigenvalue weighted by Crippen LogP contribution is 2.36. The summed E-state index contributed by atoms with van der Waals surface area (Å²) in [5.41, 5.74) is -0.709. The molecule has 9 nitrogen and oxygen atoms in total. The van der Waals surface area contributed by atoms with Gasteiger partial charge in [0.05, 0.1) is 6.10 Å². The van der Waals surface area contributed by atoms with Crippen molar-refractivity contribution >= 4 is 17.8 Å². The molecule has 4 amide bonds. The quantitative estimate of drug-likeness (QED) is 0.712. The number of nitrogens with zero attached hydrogens (tertiary/aromatic N) is 1. The van der Waals surface area contributed by atoms with Crippen LogP contribution in [-0.2, 0) is 19.9 Å². The van der Waals surface area contributed by atoms with Crippen molar-refractivity contribution in [1.29, 1.82) is 0 Å². The van der Waals surface area contributed by atoms with Gasteiger partial charge in [-0.25, -0.2) is 4.79 Å². The lowest BCUT2D eigenvalue weighted by Crippen LogP contribution is -2.44. The Kier molecular flexibility index (Phi) is 4.84. The summed E-state index contributed by atoms with van der Waals surface area (Å²) in [4.78, 5) is 38.5. The smallest absolute Gasteiger partial charge is 0.325 e.